The van der Waals surface area contributed by atoms with Crippen LogP contribution in [0.1, 0.15) is 39.5 Å². The summed E-state index contributed by atoms with van der Waals surface area (Å²) in [4.78, 5) is 17.5. The summed E-state index contributed by atoms with van der Waals surface area (Å²) in [7, 11) is 0. The van der Waals surface area contributed by atoms with Crippen molar-refractivity contribution in [3.63, 3.8) is 0 Å². The highest BCUT2D eigenvalue weighted by Gasteiger charge is 2.52. The Morgan fingerprint density at radius 1 is 1.17 bits per heavy atom. The van der Waals surface area contributed by atoms with Crippen molar-refractivity contribution >= 4 is 11.7 Å². The van der Waals surface area contributed by atoms with Crippen LogP contribution >= 0.6 is 0 Å². The van der Waals surface area contributed by atoms with Crippen molar-refractivity contribution in [2.75, 3.05) is 37.6 Å². The molecule has 2 aliphatic heterocycles. The number of benzene rings is 1. The van der Waals surface area contributed by atoms with Gasteiger partial charge in [0, 0.05) is 44.3 Å². The van der Waals surface area contributed by atoms with E-state index in [9.17, 15) is 9.18 Å². The second-order valence-electron chi connectivity index (χ2n) is 10.1. The standard InChI is InChI=1S/C25H33FN2O2/c1-17-4-3-9-25(2)15-23-20(14-22(17)25)21(24(29)30-23)16-27-10-12-28(13-11-27)19-7-5-18(26)6-8-19/h5-8,14,17,20-21,23H,3-4,9-13,15-16H2,1-2H3/t17-,20+,21-,23+,25+/m0/s1. The third kappa shape index (κ3) is 3.55. The van der Waals surface area contributed by atoms with Gasteiger partial charge in [-0.2, -0.15) is 0 Å². The van der Waals surface area contributed by atoms with E-state index < -0.39 is 0 Å². The molecule has 0 spiro atoms. The lowest BCUT2D eigenvalue weighted by molar-refractivity contribution is -0.145. The number of nitrogens with zero attached hydrogens (tertiary/aromatic N) is 2. The fourth-order valence-corrected chi connectivity index (χ4v) is 6.38. The summed E-state index contributed by atoms with van der Waals surface area (Å²) in [6.07, 6.45) is 7.27. The van der Waals surface area contributed by atoms with Gasteiger partial charge in [-0.15, -0.1) is 0 Å². The van der Waals surface area contributed by atoms with Crippen LogP contribution in [0.4, 0.5) is 10.1 Å². The molecule has 0 N–H and O–H groups in total. The smallest absolute Gasteiger partial charge is 0.311 e. The summed E-state index contributed by atoms with van der Waals surface area (Å²) in [5.74, 6) is 0.615. The molecule has 2 heterocycles. The van der Waals surface area contributed by atoms with E-state index in [1.807, 2.05) is 12.1 Å². The molecular weight excluding hydrogens is 379 g/mol. The number of ether oxygens (including phenoxy) is 1. The highest BCUT2D eigenvalue weighted by atomic mass is 19.1. The van der Waals surface area contributed by atoms with Crippen LogP contribution in [0.15, 0.2) is 35.9 Å². The van der Waals surface area contributed by atoms with E-state index in [1.54, 1.807) is 5.57 Å². The van der Waals surface area contributed by atoms with Gasteiger partial charge in [-0.25, -0.2) is 4.39 Å². The Hall–Kier alpha value is -1.88. The van der Waals surface area contributed by atoms with E-state index >= 15 is 0 Å². The van der Waals surface area contributed by atoms with Crippen molar-refractivity contribution < 1.29 is 13.9 Å². The van der Waals surface area contributed by atoms with E-state index in [1.165, 1.54) is 31.4 Å². The Morgan fingerprint density at radius 3 is 2.63 bits per heavy atom. The minimum Gasteiger partial charge on any atom is -0.461 e. The fourth-order valence-electron chi connectivity index (χ4n) is 6.38. The molecule has 5 heteroatoms. The van der Waals surface area contributed by atoms with Gasteiger partial charge in [-0.3, -0.25) is 9.69 Å². The lowest BCUT2D eigenvalue weighted by atomic mass is 9.59. The Labute approximate surface area is 179 Å². The number of carbonyl (C=O) groups excluding carboxylic acids is 1. The maximum atomic E-state index is 13.2. The van der Waals surface area contributed by atoms with E-state index in [-0.39, 0.29) is 35.1 Å². The Kier molecular flexibility index (Phi) is 5.12. The molecular formula is C25H33FN2O2. The SMILES string of the molecule is C[C@H]1CCC[C@]2(C)C[C@H]3OC(=O)[C@@H](CN4CCN(c5ccc(F)cc5)CC4)[C@H]3C=C12. The predicted octanol–water partition coefficient (Wildman–Crippen LogP) is 4.26. The summed E-state index contributed by atoms with van der Waals surface area (Å²) in [6, 6.07) is 6.74. The van der Waals surface area contributed by atoms with Crippen LogP contribution in [0.5, 0.6) is 0 Å². The monoisotopic (exact) mass is 412 g/mol. The number of piperazine rings is 1. The second kappa shape index (κ2) is 7.67. The van der Waals surface area contributed by atoms with E-state index in [2.05, 4.69) is 29.7 Å². The first-order valence-corrected chi connectivity index (χ1v) is 11.6. The summed E-state index contributed by atoms with van der Waals surface area (Å²) >= 11 is 0. The number of anilines is 1. The number of allylic oxidation sites excluding steroid dienone is 1. The van der Waals surface area contributed by atoms with E-state index in [0.717, 1.165) is 44.8 Å². The largest absolute Gasteiger partial charge is 0.461 e. The number of carbonyl (C=O) groups is 1. The molecule has 0 aromatic heterocycles. The molecule has 4 aliphatic rings. The molecule has 0 radical (unpaired) electrons. The van der Waals surface area contributed by atoms with E-state index in [0.29, 0.717) is 5.92 Å². The second-order valence-corrected chi connectivity index (χ2v) is 10.1. The molecule has 0 amide bonds. The third-order valence-electron chi connectivity index (χ3n) is 8.10. The van der Waals surface area contributed by atoms with E-state index in [4.69, 9.17) is 4.74 Å². The van der Waals surface area contributed by atoms with Crippen molar-refractivity contribution in [3.05, 3.63) is 41.7 Å². The molecule has 5 rings (SSSR count). The average Bonchev–Trinajstić information content (AvgIpc) is 3.01. The summed E-state index contributed by atoms with van der Waals surface area (Å²) in [5, 5.41) is 0. The molecule has 1 saturated carbocycles. The van der Waals surface area contributed by atoms with Crippen LogP contribution in [-0.2, 0) is 9.53 Å². The van der Waals surface area contributed by atoms with Crippen molar-refractivity contribution in [1.82, 2.24) is 4.90 Å². The van der Waals surface area contributed by atoms with Gasteiger partial charge < -0.3 is 9.64 Å². The van der Waals surface area contributed by atoms with Crippen molar-refractivity contribution in [3.8, 4) is 0 Å². The number of halogens is 1. The maximum Gasteiger partial charge on any atom is 0.311 e. The number of hydrogen-bond donors (Lipinski definition) is 0. The van der Waals surface area contributed by atoms with Gasteiger partial charge in [0.1, 0.15) is 11.9 Å². The van der Waals surface area contributed by atoms with Gasteiger partial charge in [0.2, 0.25) is 0 Å². The molecule has 0 bridgehead atoms. The first kappa shape index (κ1) is 20.0. The first-order valence-electron chi connectivity index (χ1n) is 11.6. The molecule has 30 heavy (non-hydrogen) atoms. The Bertz CT molecular complexity index is 830. The molecule has 2 aliphatic carbocycles. The van der Waals surface area contributed by atoms with Crippen molar-refractivity contribution in [2.45, 2.75) is 45.6 Å². The van der Waals surface area contributed by atoms with Gasteiger partial charge in [0.25, 0.3) is 0 Å². The zero-order valence-electron chi connectivity index (χ0n) is 18.1. The van der Waals surface area contributed by atoms with Crippen LogP contribution in [0.2, 0.25) is 0 Å². The Balaban J connectivity index is 1.25. The number of rotatable bonds is 3. The fraction of sp³-hybridized carbons (Fsp3) is 0.640. The average molecular weight is 413 g/mol. The van der Waals surface area contributed by atoms with Gasteiger partial charge >= 0.3 is 5.97 Å². The van der Waals surface area contributed by atoms with Crippen LogP contribution in [-0.4, -0.2) is 49.7 Å². The third-order valence-corrected chi connectivity index (χ3v) is 8.10. The molecule has 1 aromatic rings. The van der Waals surface area contributed by atoms with Gasteiger partial charge in [0.05, 0.1) is 5.92 Å². The zero-order valence-corrected chi connectivity index (χ0v) is 18.1. The lowest BCUT2D eigenvalue weighted by Crippen LogP contribution is -2.49. The van der Waals surface area contributed by atoms with Gasteiger partial charge in [0.15, 0.2) is 0 Å². The molecule has 162 valence electrons. The highest BCUT2D eigenvalue weighted by molar-refractivity contribution is 5.76. The zero-order chi connectivity index (χ0) is 20.9. The molecule has 2 saturated heterocycles. The topological polar surface area (TPSA) is 32.8 Å². The minimum absolute atomic E-state index is 0.00212. The molecule has 4 nitrogen and oxygen atoms in total. The number of esters is 1. The summed E-state index contributed by atoms with van der Waals surface area (Å²) < 4.78 is 19.1. The maximum absolute atomic E-state index is 13.2. The highest BCUT2D eigenvalue weighted by Crippen LogP contribution is 2.54. The van der Waals surface area contributed by atoms with Crippen molar-refractivity contribution in [2.24, 2.45) is 23.2 Å². The molecule has 0 unspecified atom stereocenters. The van der Waals surface area contributed by atoms with Crippen LogP contribution in [0.3, 0.4) is 0 Å². The van der Waals surface area contributed by atoms with Crippen LogP contribution in [0, 0.1) is 29.0 Å². The molecule has 3 fully saturated rings. The molecule has 5 atom stereocenters. The summed E-state index contributed by atoms with van der Waals surface area (Å²) in [6.45, 7) is 9.15. The van der Waals surface area contributed by atoms with Gasteiger partial charge in [-0.1, -0.05) is 31.9 Å². The normalized spacial score (nSPS) is 36.7. The first-order chi connectivity index (χ1) is 14.4. The summed E-state index contributed by atoms with van der Waals surface area (Å²) in [5.41, 5.74) is 2.87. The number of hydrogen-bond acceptors (Lipinski definition) is 4. The van der Waals surface area contributed by atoms with Crippen LogP contribution < -0.4 is 4.90 Å². The molecule has 1 aromatic carbocycles. The Morgan fingerprint density at radius 2 is 1.90 bits per heavy atom. The van der Waals surface area contributed by atoms with Gasteiger partial charge in [-0.05, 0) is 54.9 Å². The predicted molar refractivity (Wildman–Crippen MR) is 116 cm³/mol. The lowest BCUT2D eigenvalue weighted by Gasteiger charge is -2.46. The number of fused-ring (bicyclic) bond motifs is 2. The minimum atomic E-state index is -0.198. The van der Waals surface area contributed by atoms with Crippen molar-refractivity contribution in [1.29, 1.82) is 0 Å². The quantitative estimate of drug-likeness (QED) is 0.549. The van der Waals surface area contributed by atoms with Crippen LogP contribution in [0.25, 0.3) is 0 Å².